The standard InChI is InChI=1S/C10H14F3NO3/c11-10(12,13)17-6-9(5-15)8(16)7-1-3-14(9)4-2-7/h7,15H,1-6H2/t9-/m0/s1. The second-order valence-electron chi connectivity index (χ2n) is 4.55. The number of aliphatic hydroxyl groups excluding tert-OH is 1. The van der Waals surface area contributed by atoms with E-state index in [2.05, 4.69) is 4.74 Å². The van der Waals surface area contributed by atoms with Crippen molar-refractivity contribution in [1.29, 1.82) is 0 Å². The van der Waals surface area contributed by atoms with Gasteiger partial charge in [0.25, 0.3) is 0 Å². The zero-order chi connectivity index (χ0) is 12.7. The molecular weight excluding hydrogens is 239 g/mol. The molecule has 3 heterocycles. The Bertz CT molecular complexity index is 312. The fourth-order valence-corrected chi connectivity index (χ4v) is 2.69. The lowest BCUT2D eigenvalue weighted by Crippen LogP contribution is -2.69. The molecule has 3 aliphatic rings. The number of aliphatic hydroxyl groups is 1. The summed E-state index contributed by atoms with van der Waals surface area (Å²) in [6.45, 7) is -0.364. The molecule has 2 bridgehead atoms. The number of halogens is 3. The highest BCUT2D eigenvalue weighted by molar-refractivity contribution is 5.92. The normalized spacial score (nSPS) is 37.5. The van der Waals surface area contributed by atoms with Crippen LogP contribution >= 0.6 is 0 Å². The number of ether oxygens (including phenoxy) is 1. The minimum atomic E-state index is -4.78. The minimum Gasteiger partial charge on any atom is -0.394 e. The van der Waals surface area contributed by atoms with Gasteiger partial charge in [0, 0.05) is 5.92 Å². The summed E-state index contributed by atoms with van der Waals surface area (Å²) in [7, 11) is 0. The number of hydrogen-bond acceptors (Lipinski definition) is 4. The number of carbonyl (C=O) groups is 1. The van der Waals surface area contributed by atoms with Crippen LogP contribution in [0.2, 0.25) is 0 Å². The second-order valence-corrected chi connectivity index (χ2v) is 4.55. The predicted molar refractivity (Wildman–Crippen MR) is 51.1 cm³/mol. The molecule has 0 aromatic carbocycles. The lowest BCUT2D eigenvalue weighted by molar-refractivity contribution is -0.334. The summed E-state index contributed by atoms with van der Waals surface area (Å²) in [6, 6.07) is 0. The van der Waals surface area contributed by atoms with Crippen LogP contribution in [0.25, 0.3) is 0 Å². The molecule has 0 radical (unpaired) electrons. The first kappa shape index (κ1) is 12.8. The largest absolute Gasteiger partial charge is 0.522 e. The summed E-state index contributed by atoms with van der Waals surface area (Å²) < 4.78 is 39.9. The number of carbonyl (C=O) groups excluding carboxylic acids is 1. The van der Waals surface area contributed by atoms with E-state index < -0.39 is 25.1 Å². The molecule has 1 atom stereocenters. The molecule has 0 saturated carbocycles. The molecule has 4 nitrogen and oxygen atoms in total. The van der Waals surface area contributed by atoms with E-state index in [0.717, 1.165) is 0 Å². The molecule has 17 heavy (non-hydrogen) atoms. The van der Waals surface area contributed by atoms with Crippen molar-refractivity contribution in [2.45, 2.75) is 24.7 Å². The molecule has 3 fully saturated rings. The Morgan fingerprint density at radius 1 is 1.41 bits per heavy atom. The smallest absolute Gasteiger partial charge is 0.394 e. The van der Waals surface area contributed by atoms with E-state index in [9.17, 15) is 23.1 Å². The second kappa shape index (κ2) is 4.22. The van der Waals surface area contributed by atoms with E-state index in [4.69, 9.17) is 0 Å². The maximum atomic E-state index is 12.1. The first-order valence-corrected chi connectivity index (χ1v) is 5.50. The molecule has 0 amide bonds. The predicted octanol–water partition coefficient (Wildman–Crippen LogP) is 0.549. The van der Waals surface area contributed by atoms with Crippen LogP contribution in [0.15, 0.2) is 0 Å². The van der Waals surface area contributed by atoms with Crippen LogP contribution in [0.1, 0.15) is 12.8 Å². The fraction of sp³-hybridized carbons (Fsp3) is 0.900. The van der Waals surface area contributed by atoms with Crippen LogP contribution < -0.4 is 0 Å². The minimum absolute atomic E-state index is 0.232. The van der Waals surface area contributed by atoms with Gasteiger partial charge in [0.15, 0.2) is 5.78 Å². The highest BCUT2D eigenvalue weighted by Crippen LogP contribution is 2.37. The Balaban J connectivity index is 2.15. The van der Waals surface area contributed by atoms with Crippen LogP contribution in [0.5, 0.6) is 0 Å². The summed E-state index contributed by atoms with van der Waals surface area (Å²) in [4.78, 5) is 13.6. The Morgan fingerprint density at radius 3 is 2.41 bits per heavy atom. The van der Waals surface area contributed by atoms with Crippen LogP contribution in [-0.2, 0) is 9.53 Å². The molecule has 0 aliphatic carbocycles. The van der Waals surface area contributed by atoms with Gasteiger partial charge >= 0.3 is 6.36 Å². The van der Waals surface area contributed by atoms with Gasteiger partial charge in [-0.05, 0) is 25.9 Å². The van der Waals surface area contributed by atoms with Crippen LogP contribution in [-0.4, -0.2) is 54.0 Å². The molecule has 0 aromatic rings. The van der Waals surface area contributed by atoms with Crippen molar-refractivity contribution < 1.29 is 27.8 Å². The first-order valence-electron chi connectivity index (χ1n) is 5.50. The fourth-order valence-electron chi connectivity index (χ4n) is 2.69. The summed E-state index contributed by atoms with van der Waals surface area (Å²) in [5.41, 5.74) is -1.49. The highest BCUT2D eigenvalue weighted by Gasteiger charge is 2.54. The van der Waals surface area contributed by atoms with Gasteiger partial charge < -0.3 is 5.11 Å². The summed E-state index contributed by atoms with van der Waals surface area (Å²) >= 11 is 0. The van der Waals surface area contributed by atoms with Crippen molar-refractivity contribution in [1.82, 2.24) is 4.90 Å². The third-order valence-corrected chi connectivity index (χ3v) is 3.67. The zero-order valence-corrected chi connectivity index (χ0v) is 9.16. The first-order chi connectivity index (χ1) is 7.89. The van der Waals surface area contributed by atoms with Gasteiger partial charge in [0.05, 0.1) is 13.2 Å². The van der Waals surface area contributed by atoms with E-state index in [1.807, 2.05) is 0 Å². The quantitative estimate of drug-likeness (QED) is 0.798. The monoisotopic (exact) mass is 253 g/mol. The van der Waals surface area contributed by atoms with Crippen molar-refractivity contribution in [3.05, 3.63) is 0 Å². The van der Waals surface area contributed by atoms with Crippen molar-refractivity contribution in [2.75, 3.05) is 26.3 Å². The van der Waals surface area contributed by atoms with Gasteiger partial charge in [-0.3, -0.25) is 14.4 Å². The highest BCUT2D eigenvalue weighted by atomic mass is 19.4. The Hall–Kier alpha value is -0.660. The molecule has 3 rings (SSSR count). The average Bonchev–Trinajstić information content (AvgIpc) is 2.29. The Labute approximate surface area is 96.3 Å². The number of fused-ring (bicyclic) bond motifs is 3. The Kier molecular flexibility index (Phi) is 3.17. The summed E-state index contributed by atoms with van der Waals surface area (Å²) in [5, 5.41) is 9.32. The van der Waals surface area contributed by atoms with Crippen molar-refractivity contribution in [3.8, 4) is 0 Å². The maximum Gasteiger partial charge on any atom is 0.522 e. The van der Waals surface area contributed by atoms with Crippen molar-refractivity contribution >= 4 is 5.78 Å². The van der Waals surface area contributed by atoms with E-state index in [1.165, 1.54) is 0 Å². The Morgan fingerprint density at radius 2 is 2.00 bits per heavy atom. The van der Waals surface area contributed by atoms with E-state index in [0.29, 0.717) is 25.9 Å². The average molecular weight is 253 g/mol. The van der Waals surface area contributed by atoms with Gasteiger partial charge in [-0.2, -0.15) is 0 Å². The molecule has 0 unspecified atom stereocenters. The van der Waals surface area contributed by atoms with Crippen LogP contribution in [0.4, 0.5) is 13.2 Å². The third kappa shape index (κ3) is 2.19. The van der Waals surface area contributed by atoms with E-state index in [1.54, 1.807) is 4.90 Å². The topological polar surface area (TPSA) is 49.8 Å². The molecule has 0 aromatic heterocycles. The lowest BCUT2D eigenvalue weighted by atomic mass is 9.74. The molecule has 3 saturated heterocycles. The van der Waals surface area contributed by atoms with Gasteiger partial charge in [-0.25, -0.2) is 0 Å². The molecule has 3 aliphatic heterocycles. The van der Waals surface area contributed by atoms with Crippen molar-refractivity contribution in [3.63, 3.8) is 0 Å². The van der Waals surface area contributed by atoms with Gasteiger partial charge in [0.1, 0.15) is 5.54 Å². The number of hydrogen-bond donors (Lipinski definition) is 1. The zero-order valence-electron chi connectivity index (χ0n) is 9.16. The van der Waals surface area contributed by atoms with Crippen LogP contribution in [0, 0.1) is 5.92 Å². The van der Waals surface area contributed by atoms with E-state index in [-0.39, 0.29) is 11.7 Å². The van der Waals surface area contributed by atoms with E-state index >= 15 is 0 Å². The number of ketones is 1. The van der Waals surface area contributed by atoms with Gasteiger partial charge in [-0.1, -0.05) is 0 Å². The maximum absolute atomic E-state index is 12.1. The van der Waals surface area contributed by atoms with Gasteiger partial charge in [-0.15, -0.1) is 13.2 Å². The number of Topliss-reactive ketones (excluding diaryl/α,β-unsaturated/α-hetero) is 1. The number of alkyl halides is 3. The number of nitrogens with zero attached hydrogens (tertiary/aromatic N) is 1. The van der Waals surface area contributed by atoms with Crippen molar-refractivity contribution in [2.24, 2.45) is 5.92 Å². The van der Waals surface area contributed by atoms with Crippen LogP contribution in [0.3, 0.4) is 0 Å². The molecular formula is C10H14F3NO3. The molecule has 0 spiro atoms. The van der Waals surface area contributed by atoms with Gasteiger partial charge in [0.2, 0.25) is 0 Å². The SMILES string of the molecule is O=C1C2CCN(CC2)[C@@]1(CO)COC(F)(F)F. The number of rotatable bonds is 3. The summed E-state index contributed by atoms with van der Waals surface area (Å²) in [6.07, 6.45) is -3.46. The molecule has 98 valence electrons. The lowest BCUT2D eigenvalue weighted by Gasteiger charge is -2.51. The molecule has 1 N–H and O–H groups in total. The summed E-state index contributed by atoms with van der Waals surface area (Å²) in [5.74, 6) is -0.550. The number of piperidine rings is 3. The third-order valence-electron chi connectivity index (χ3n) is 3.67. The molecule has 7 heteroatoms.